The second-order valence-corrected chi connectivity index (χ2v) is 5.43. The highest BCUT2D eigenvalue weighted by Crippen LogP contribution is 2.22. The molecule has 2 aromatic rings. The van der Waals surface area contributed by atoms with Crippen LogP contribution in [0.4, 0.5) is 11.6 Å². The maximum absolute atomic E-state index is 5.80. The van der Waals surface area contributed by atoms with Crippen LogP contribution < -0.4 is 11.1 Å². The second kappa shape index (κ2) is 5.97. The average Bonchev–Trinajstić information content (AvgIpc) is 2.75. The van der Waals surface area contributed by atoms with Gasteiger partial charge in [0.1, 0.15) is 22.5 Å². The van der Waals surface area contributed by atoms with Gasteiger partial charge >= 0.3 is 0 Å². The first-order chi connectivity index (χ1) is 9.08. The summed E-state index contributed by atoms with van der Waals surface area (Å²) in [4.78, 5) is 13.2. The van der Waals surface area contributed by atoms with Crippen LogP contribution in [-0.4, -0.2) is 15.0 Å². The first kappa shape index (κ1) is 13.7. The molecular weight excluding hydrogens is 258 g/mol. The first-order valence-electron chi connectivity index (χ1n) is 6.40. The third kappa shape index (κ3) is 3.64. The lowest BCUT2D eigenvalue weighted by Crippen LogP contribution is -2.10. The number of hydrogen-bond donors (Lipinski definition) is 2. The largest absolute Gasteiger partial charge is 0.384 e. The summed E-state index contributed by atoms with van der Waals surface area (Å²) in [5.74, 6) is 2.05. The Kier molecular flexibility index (Phi) is 4.31. The molecule has 0 radical (unpaired) electrons. The van der Waals surface area contributed by atoms with Gasteiger partial charge in [0.25, 0.3) is 0 Å². The smallest absolute Gasteiger partial charge is 0.133 e. The van der Waals surface area contributed by atoms with Crippen LogP contribution in [-0.2, 0) is 6.42 Å². The fourth-order valence-electron chi connectivity index (χ4n) is 1.78. The van der Waals surface area contributed by atoms with Crippen molar-refractivity contribution in [2.45, 2.75) is 39.7 Å². The summed E-state index contributed by atoms with van der Waals surface area (Å²) in [6.07, 6.45) is 1.84. The van der Waals surface area contributed by atoms with E-state index < -0.39 is 0 Å². The number of nitrogens with zero attached hydrogens (tertiary/aromatic N) is 3. The summed E-state index contributed by atoms with van der Waals surface area (Å²) in [7, 11) is 0. The van der Waals surface area contributed by atoms with Gasteiger partial charge < -0.3 is 11.1 Å². The average molecular weight is 277 g/mol. The van der Waals surface area contributed by atoms with Crippen LogP contribution in [0.1, 0.15) is 42.8 Å². The SMILES string of the molecule is CCCc1nc(N)cc(NC(C)c2nc(C)cs2)n1. The molecule has 2 rings (SSSR count). The molecule has 0 aliphatic heterocycles. The molecule has 0 bridgehead atoms. The highest BCUT2D eigenvalue weighted by atomic mass is 32.1. The molecule has 1 atom stereocenters. The lowest BCUT2D eigenvalue weighted by Gasteiger charge is -2.13. The Morgan fingerprint density at radius 3 is 2.79 bits per heavy atom. The van der Waals surface area contributed by atoms with Crippen LogP contribution >= 0.6 is 11.3 Å². The topological polar surface area (TPSA) is 76.7 Å². The minimum atomic E-state index is 0.113. The van der Waals surface area contributed by atoms with Gasteiger partial charge in [0, 0.05) is 23.6 Å². The third-order valence-corrected chi connectivity index (χ3v) is 3.78. The maximum atomic E-state index is 5.80. The van der Waals surface area contributed by atoms with Crippen molar-refractivity contribution >= 4 is 23.0 Å². The zero-order valence-electron chi connectivity index (χ0n) is 11.5. The van der Waals surface area contributed by atoms with Crippen molar-refractivity contribution in [1.29, 1.82) is 0 Å². The molecule has 1 unspecified atom stereocenters. The molecule has 0 amide bonds. The normalized spacial score (nSPS) is 12.4. The zero-order chi connectivity index (χ0) is 13.8. The monoisotopic (exact) mass is 277 g/mol. The van der Waals surface area contributed by atoms with Gasteiger partial charge in [-0.05, 0) is 20.3 Å². The third-order valence-electron chi connectivity index (χ3n) is 2.64. The Hall–Kier alpha value is -1.69. The molecule has 0 saturated carbocycles. The van der Waals surface area contributed by atoms with Gasteiger partial charge in [0.05, 0.1) is 6.04 Å². The number of nitrogens with one attached hydrogen (secondary N) is 1. The standard InChI is InChI=1S/C13H19N5S/c1-4-5-11-17-10(14)6-12(18-11)16-9(3)13-15-8(2)7-19-13/h6-7,9H,4-5H2,1-3H3,(H3,14,16,17,18). The van der Waals surface area contributed by atoms with E-state index in [1.54, 1.807) is 17.4 Å². The highest BCUT2D eigenvalue weighted by molar-refractivity contribution is 7.09. The van der Waals surface area contributed by atoms with Gasteiger partial charge in [-0.15, -0.1) is 11.3 Å². The summed E-state index contributed by atoms with van der Waals surface area (Å²) >= 11 is 1.65. The van der Waals surface area contributed by atoms with E-state index in [9.17, 15) is 0 Å². The number of thiazole rings is 1. The summed E-state index contributed by atoms with van der Waals surface area (Å²) in [5.41, 5.74) is 6.85. The van der Waals surface area contributed by atoms with E-state index in [1.807, 2.05) is 12.3 Å². The van der Waals surface area contributed by atoms with Crippen LogP contribution in [0, 0.1) is 6.92 Å². The lowest BCUT2D eigenvalue weighted by molar-refractivity contribution is 0.817. The summed E-state index contributed by atoms with van der Waals surface area (Å²) < 4.78 is 0. The van der Waals surface area contributed by atoms with E-state index in [-0.39, 0.29) is 6.04 Å². The van der Waals surface area contributed by atoms with E-state index in [0.29, 0.717) is 5.82 Å². The Morgan fingerprint density at radius 2 is 2.16 bits per heavy atom. The Bertz CT molecular complexity index is 552. The van der Waals surface area contributed by atoms with E-state index in [4.69, 9.17) is 5.73 Å². The summed E-state index contributed by atoms with van der Waals surface area (Å²) in [6.45, 7) is 6.16. The molecule has 0 aromatic carbocycles. The number of anilines is 2. The van der Waals surface area contributed by atoms with Crippen molar-refractivity contribution < 1.29 is 0 Å². The Balaban J connectivity index is 2.14. The van der Waals surface area contributed by atoms with E-state index >= 15 is 0 Å². The molecule has 0 saturated heterocycles. The van der Waals surface area contributed by atoms with Gasteiger partial charge in [-0.2, -0.15) is 0 Å². The molecule has 0 spiro atoms. The van der Waals surface area contributed by atoms with Crippen molar-refractivity contribution in [3.8, 4) is 0 Å². The zero-order valence-corrected chi connectivity index (χ0v) is 12.3. The fraction of sp³-hybridized carbons (Fsp3) is 0.462. The van der Waals surface area contributed by atoms with Crippen molar-refractivity contribution in [2.75, 3.05) is 11.1 Å². The number of aromatic nitrogens is 3. The predicted molar refractivity (Wildman–Crippen MR) is 79.3 cm³/mol. The Labute approximate surface area is 117 Å². The quantitative estimate of drug-likeness (QED) is 0.878. The van der Waals surface area contributed by atoms with Crippen LogP contribution in [0.15, 0.2) is 11.4 Å². The van der Waals surface area contributed by atoms with Crippen LogP contribution in [0.2, 0.25) is 0 Å². The number of aryl methyl sites for hydroxylation is 2. The van der Waals surface area contributed by atoms with Crippen molar-refractivity contribution in [3.05, 3.63) is 28.0 Å². The fourth-order valence-corrected chi connectivity index (χ4v) is 2.59. The van der Waals surface area contributed by atoms with Crippen LogP contribution in [0.25, 0.3) is 0 Å². The highest BCUT2D eigenvalue weighted by Gasteiger charge is 2.11. The van der Waals surface area contributed by atoms with Crippen molar-refractivity contribution in [3.63, 3.8) is 0 Å². The van der Waals surface area contributed by atoms with Gasteiger partial charge in [-0.1, -0.05) is 6.92 Å². The molecule has 19 heavy (non-hydrogen) atoms. The number of hydrogen-bond acceptors (Lipinski definition) is 6. The summed E-state index contributed by atoms with van der Waals surface area (Å²) in [5, 5.41) is 6.42. The molecule has 0 aliphatic carbocycles. The molecule has 2 aromatic heterocycles. The van der Waals surface area contributed by atoms with Gasteiger partial charge in [-0.3, -0.25) is 0 Å². The van der Waals surface area contributed by atoms with E-state index in [0.717, 1.165) is 35.2 Å². The maximum Gasteiger partial charge on any atom is 0.133 e. The van der Waals surface area contributed by atoms with Gasteiger partial charge in [0.15, 0.2) is 0 Å². The first-order valence-corrected chi connectivity index (χ1v) is 7.28. The second-order valence-electron chi connectivity index (χ2n) is 4.54. The predicted octanol–water partition coefficient (Wildman–Crippen LogP) is 2.95. The van der Waals surface area contributed by atoms with Gasteiger partial charge in [-0.25, -0.2) is 15.0 Å². The van der Waals surface area contributed by atoms with E-state index in [2.05, 4.69) is 34.1 Å². The lowest BCUT2D eigenvalue weighted by atomic mass is 10.3. The van der Waals surface area contributed by atoms with Crippen LogP contribution in [0.5, 0.6) is 0 Å². The minimum absolute atomic E-state index is 0.113. The summed E-state index contributed by atoms with van der Waals surface area (Å²) in [6, 6.07) is 1.87. The molecule has 3 N–H and O–H groups in total. The molecule has 2 heterocycles. The molecule has 102 valence electrons. The number of rotatable bonds is 5. The van der Waals surface area contributed by atoms with Gasteiger partial charge in [0.2, 0.25) is 0 Å². The molecule has 0 fully saturated rings. The van der Waals surface area contributed by atoms with E-state index in [1.165, 1.54) is 0 Å². The van der Waals surface area contributed by atoms with Crippen molar-refractivity contribution in [2.24, 2.45) is 0 Å². The molecule has 0 aliphatic rings. The minimum Gasteiger partial charge on any atom is -0.384 e. The molecule has 6 heteroatoms. The number of nitrogen functional groups attached to an aromatic ring is 1. The number of nitrogens with two attached hydrogens (primary N) is 1. The Morgan fingerprint density at radius 1 is 1.37 bits per heavy atom. The van der Waals surface area contributed by atoms with Crippen molar-refractivity contribution in [1.82, 2.24) is 15.0 Å². The molecular formula is C13H19N5S. The van der Waals surface area contributed by atoms with Crippen LogP contribution in [0.3, 0.4) is 0 Å². The molecule has 5 nitrogen and oxygen atoms in total.